The van der Waals surface area contributed by atoms with Gasteiger partial charge in [-0.05, 0) is 36.4 Å². The fourth-order valence-corrected chi connectivity index (χ4v) is 3.38. The van der Waals surface area contributed by atoms with Gasteiger partial charge in [0.05, 0.1) is 23.0 Å². The Balaban J connectivity index is 1.43. The van der Waals surface area contributed by atoms with Crippen LogP contribution in [-0.4, -0.2) is 47.8 Å². The highest BCUT2D eigenvalue weighted by Crippen LogP contribution is 2.19. The first kappa shape index (κ1) is 24.2. The minimum Gasteiger partial charge on any atom is -0.455 e. The summed E-state index contributed by atoms with van der Waals surface area (Å²) in [5, 5.41) is 1.23. The largest absolute Gasteiger partial charge is 0.455 e. The number of carbonyl (C=O) groups excluding carboxylic acids is 5. The number of nitrogens with zero attached hydrogens (tertiary/aromatic N) is 1. The molecule has 33 heavy (non-hydrogen) atoms. The number of carbonyl (C=O) groups is 5. The molecule has 1 heterocycles. The average Bonchev–Trinajstić information content (AvgIpc) is 3.16. The van der Waals surface area contributed by atoms with Crippen molar-refractivity contribution in [2.24, 2.45) is 5.92 Å². The first-order valence-electron chi connectivity index (χ1n) is 9.62. The van der Waals surface area contributed by atoms with Gasteiger partial charge in [-0.3, -0.25) is 45.3 Å². The predicted octanol–water partition coefficient (Wildman–Crippen LogP) is 1.60. The molecule has 3 rings (SSSR count). The van der Waals surface area contributed by atoms with Crippen LogP contribution in [0, 0.1) is 5.92 Å². The lowest BCUT2D eigenvalue weighted by molar-refractivity contribution is -0.152. The fourth-order valence-electron chi connectivity index (χ4n) is 2.89. The predicted molar refractivity (Wildman–Crippen MR) is 119 cm³/mol. The Hall–Kier alpha value is -3.44. The molecule has 0 aliphatic carbocycles. The van der Waals surface area contributed by atoms with Gasteiger partial charge in [-0.2, -0.15) is 0 Å². The molecule has 12 heteroatoms. The number of benzene rings is 2. The molecular weight excluding hydrogens is 520 g/mol. The van der Waals surface area contributed by atoms with Crippen molar-refractivity contribution in [2.45, 2.75) is 6.42 Å². The van der Waals surface area contributed by atoms with Crippen molar-refractivity contribution < 1.29 is 28.7 Å². The minimum atomic E-state index is -0.866. The van der Waals surface area contributed by atoms with E-state index in [9.17, 15) is 24.0 Å². The number of hydrazine groups is 2. The zero-order chi connectivity index (χ0) is 24.0. The second kappa shape index (κ2) is 10.9. The van der Waals surface area contributed by atoms with E-state index in [1.807, 2.05) is 0 Å². The summed E-state index contributed by atoms with van der Waals surface area (Å²) in [5.41, 5.74) is 7.24. The van der Waals surface area contributed by atoms with Gasteiger partial charge < -0.3 is 4.74 Å². The van der Waals surface area contributed by atoms with Gasteiger partial charge >= 0.3 is 5.97 Å². The summed E-state index contributed by atoms with van der Waals surface area (Å²) in [4.78, 5) is 60.5. The molecule has 0 aromatic heterocycles. The molecule has 172 valence electrons. The Morgan fingerprint density at radius 1 is 1.03 bits per heavy atom. The van der Waals surface area contributed by atoms with Crippen LogP contribution in [0.4, 0.5) is 0 Å². The topological polar surface area (TPSA) is 134 Å². The van der Waals surface area contributed by atoms with Crippen molar-refractivity contribution in [1.29, 1.82) is 0 Å². The second-order valence-corrected chi connectivity index (χ2v) is 8.27. The Morgan fingerprint density at radius 3 is 2.42 bits per heavy atom. The molecule has 10 nitrogen and oxygen atoms in total. The molecule has 2 aromatic carbocycles. The molecule has 2 aromatic rings. The fraction of sp³-hybridized carbons (Fsp3) is 0.190. The van der Waals surface area contributed by atoms with Gasteiger partial charge in [-0.25, -0.2) is 0 Å². The maximum atomic E-state index is 12.3. The molecule has 1 aliphatic rings. The van der Waals surface area contributed by atoms with Crippen LogP contribution >= 0.6 is 27.5 Å². The van der Waals surface area contributed by atoms with E-state index in [-0.39, 0.29) is 23.6 Å². The summed E-state index contributed by atoms with van der Waals surface area (Å²) in [7, 11) is 0. The van der Waals surface area contributed by atoms with E-state index in [2.05, 4.69) is 32.2 Å². The van der Waals surface area contributed by atoms with Crippen LogP contribution in [0.5, 0.6) is 0 Å². The zero-order valence-corrected chi connectivity index (χ0v) is 19.3. The molecule has 1 atom stereocenters. The average molecular weight is 538 g/mol. The molecule has 0 spiro atoms. The second-order valence-electron chi connectivity index (χ2n) is 6.94. The number of rotatable bonds is 6. The molecule has 0 saturated carbocycles. The molecule has 1 aliphatic heterocycles. The van der Waals surface area contributed by atoms with Crippen molar-refractivity contribution in [2.75, 3.05) is 13.2 Å². The van der Waals surface area contributed by atoms with E-state index >= 15 is 0 Å². The third-order valence-electron chi connectivity index (χ3n) is 4.58. The number of amides is 4. The third-order valence-corrected chi connectivity index (χ3v) is 5.44. The highest BCUT2D eigenvalue weighted by Gasteiger charge is 2.37. The van der Waals surface area contributed by atoms with E-state index in [1.54, 1.807) is 36.4 Å². The lowest BCUT2D eigenvalue weighted by Gasteiger charge is -2.18. The number of hydrogen-bond acceptors (Lipinski definition) is 6. The zero-order valence-electron chi connectivity index (χ0n) is 17.0. The van der Waals surface area contributed by atoms with Crippen LogP contribution in [0.2, 0.25) is 5.02 Å². The number of hydrogen-bond donors (Lipinski definition) is 3. The Morgan fingerprint density at radius 2 is 1.73 bits per heavy atom. The molecule has 4 amide bonds. The first-order chi connectivity index (χ1) is 15.7. The molecule has 1 saturated heterocycles. The molecular formula is C21H18BrClN4O6. The summed E-state index contributed by atoms with van der Waals surface area (Å²) in [6.07, 6.45) is -0.191. The first-order valence-corrected chi connectivity index (χ1v) is 10.8. The maximum Gasteiger partial charge on any atom is 0.311 e. The van der Waals surface area contributed by atoms with Crippen molar-refractivity contribution in [1.82, 2.24) is 21.3 Å². The van der Waals surface area contributed by atoms with E-state index in [0.717, 1.165) is 9.48 Å². The van der Waals surface area contributed by atoms with Crippen molar-refractivity contribution in [3.63, 3.8) is 0 Å². The molecule has 0 bridgehead atoms. The Kier molecular flexibility index (Phi) is 8.01. The molecule has 1 fully saturated rings. The van der Waals surface area contributed by atoms with Gasteiger partial charge in [-0.1, -0.05) is 39.7 Å². The van der Waals surface area contributed by atoms with Crippen LogP contribution in [0.25, 0.3) is 0 Å². The highest BCUT2D eigenvalue weighted by atomic mass is 79.9. The Bertz CT molecular complexity index is 1090. The van der Waals surface area contributed by atoms with Crippen LogP contribution in [-0.2, 0) is 19.1 Å². The normalized spacial score (nSPS) is 15.0. The van der Waals surface area contributed by atoms with Crippen LogP contribution < -0.4 is 16.3 Å². The van der Waals surface area contributed by atoms with Crippen LogP contribution in [0.3, 0.4) is 0 Å². The van der Waals surface area contributed by atoms with Gasteiger partial charge in [0.15, 0.2) is 6.61 Å². The van der Waals surface area contributed by atoms with Crippen molar-refractivity contribution in [3.05, 3.63) is 69.2 Å². The highest BCUT2D eigenvalue weighted by molar-refractivity contribution is 9.10. The number of ether oxygens (including phenoxy) is 1. The molecule has 0 unspecified atom stereocenters. The van der Waals surface area contributed by atoms with Gasteiger partial charge in [0.2, 0.25) is 5.91 Å². The quantitative estimate of drug-likeness (QED) is 0.379. The summed E-state index contributed by atoms with van der Waals surface area (Å²) in [6.45, 7) is -0.772. The van der Waals surface area contributed by atoms with E-state index in [0.29, 0.717) is 5.56 Å². The van der Waals surface area contributed by atoms with Crippen molar-refractivity contribution in [3.8, 4) is 0 Å². The van der Waals surface area contributed by atoms with E-state index < -0.39 is 42.1 Å². The van der Waals surface area contributed by atoms with Crippen LogP contribution in [0.1, 0.15) is 27.1 Å². The summed E-state index contributed by atoms with van der Waals surface area (Å²) >= 11 is 9.22. The summed E-state index contributed by atoms with van der Waals surface area (Å²) in [5.74, 6) is -4.04. The lowest BCUT2D eigenvalue weighted by atomic mass is 10.1. The van der Waals surface area contributed by atoms with Crippen LogP contribution in [0.15, 0.2) is 53.0 Å². The molecule has 3 N–H and O–H groups in total. The smallest absolute Gasteiger partial charge is 0.311 e. The van der Waals surface area contributed by atoms with Gasteiger partial charge in [-0.15, -0.1) is 0 Å². The molecule has 0 radical (unpaired) electrons. The summed E-state index contributed by atoms with van der Waals surface area (Å²) < 4.78 is 5.72. The lowest BCUT2D eigenvalue weighted by Crippen LogP contribution is -2.44. The van der Waals surface area contributed by atoms with E-state index in [4.69, 9.17) is 16.3 Å². The summed E-state index contributed by atoms with van der Waals surface area (Å²) in [6, 6.07) is 12.8. The third kappa shape index (κ3) is 6.53. The Labute approximate surface area is 201 Å². The number of halogens is 2. The number of nitrogens with one attached hydrogen (secondary N) is 3. The van der Waals surface area contributed by atoms with Gasteiger partial charge in [0.1, 0.15) is 0 Å². The monoisotopic (exact) mass is 536 g/mol. The van der Waals surface area contributed by atoms with Gasteiger partial charge in [0.25, 0.3) is 17.7 Å². The minimum absolute atomic E-state index is 0.115. The number of esters is 1. The van der Waals surface area contributed by atoms with Crippen molar-refractivity contribution >= 4 is 57.1 Å². The maximum absolute atomic E-state index is 12.3. The SMILES string of the molecule is O=C(COC(=O)[C@@H]1CC(=O)N(NC(=O)c2ccccc2Cl)C1)NNC(=O)c1ccc(Br)cc1. The van der Waals surface area contributed by atoms with E-state index in [1.165, 1.54) is 12.1 Å². The van der Waals surface area contributed by atoms with Gasteiger partial charge in [0, 0.05) is 16.5 Å². The standard InChI is InChI=1S/C21H18BrClN4O6/c22-14-7-5-12(6-8-14)19(30)25-24-17(28)11-33-21(32)13-9-18(29)27(10-13)26-20(31)15-3-1-2-4-16(15)23/h1-8,13H,9-11H2,(H,24,28)(H,25,30)(H,26,31)/t13-/m1/s1.